The first-order valence-electron chi connectivity index (χ1n) is 8.17. The second kappa shape index (κ2) is 8.39. The van der Waals surface area contributed by atoms with E-state index in [1.807, 2.05) is 63.2 Å². The van der Waals surface area contributed by atoms with Crippen LogP contribution in [0.3, 0.4) is 0 Å². The van der Waals surface area contributed by atoms with Crippen molar-refractivity contribution in [2.75, 3.05) is 13.2 Å². The zero-order valence-electron chi connectivity index (χ0n) is 14.8. The van der Waals surface area contributed by atoms with Crippen LogP contribution in [0.1, 0.15) is 23.6 Å². The van der Waals surface area contributed by atoms with Gasteiger partial charge in [0.25, 0.3) is 5.91 Å². The van der Waals surface area contributed by atoms with Crippen LogP contribution in [0.15, 0.2) is 42.5 Å². The summed E-state index contributed by atoms with van der Waals surface area (Å²) in [5.74, 6) is 1.40. The molecule has 0 radical (unpaired) electrons. The molecule has 0 heterocycles. The van der Waals surface area contributed by atoms with Gasteiger partial charge in [0.15, 0.2) is 6.10 Å². The maximum Gasteiger partial charge on any atom is 0.260 e. The van der Waals surface area contributed by atoms with Gasteiger partial charge < -0.3 is 14.8 Å². The fourth-order valence-electron chi connectivity index (χ4n) is 2.27. The van der Waals surface area contributed by atoms with Gasteiger partial charge in [-0.3, -0.25) is 4.79 Å². The van der Waals surface area contributed by atoms with E-state index in [0.29, 0.717) is 13.2 Å². The number of nitrogens with one attached hydrogen (secondary N) is 1. The number of ether oxygens (including phenoxy) is 2. The smallest absolute Gasteiger partial charge is 0.260 e. The van der Waals surface area contributed by atoms with Gasteiger partial charge in [0, 0.05) is 0 Å². The van der Waals surface area contributed by atoms with E-state index in [9.17, 15) is 4.79 Å². The topological polar surface area (TPSA) is 47.6 Å². The van der Waals surface area contributed by atoms with Crippen molar-refractivity contribution in [2.24, 2.45) is 0 Å². The molecule has 24 heavy (non-hydrogen) atoms. The molecule has 0 spiro atoms. The second-order valence-corrected chi connectivity index (χ2v) is 5.99. The number of amides is 1. The predicted molar refractivity (Wildman–Crippen MR) is 95.7 cm³/mol. The molecule has 2 rings (SSSR count). The van der Waals surface area contributed by atoms with Gasteiger partial charge in [-0.2, -0.15) is 0 Å². The van der Waals surface area contributed by atoms with Crippen LogP contribution in [0.2, 0.25) is 0 Å². The van der Waals surface area contributed by atoms with Crippen LogP contribution in [0.5, 0.6) is 11.5 Å². The Kier molecular flexibility index (Phi) is 6.24. The number of benzene rings is 2. The first-order valence-corrected chi connectivity index (χ1v) is 8.17. The van der Waals surface area contributed by atoms with Crippen molar-refractivity contribution in [3.63, 3.8) is 0 Å². The Labute approximate surface area is 143 Å². The van der Waals surface area contributed by atoms with E-state index < -0.39 is 6.10 Å². The highest BCUT2D eigenvalue weighted by Gasteiger charge is 2.15. The molecule has 1 unspecified atom stereocenters. The molecule has 0 saturated heterocycles. The zero-order valence-corrected chi connectivity index (χ0v) is 14.8. The van der Waals surface area contributed by atoms with Crippen molar-refractivity contribution in [2.45, 2.75) is 33.8 Å². The Morgan fingerprint density at radius 2 is 1.83 bits per heavy atom. The molecular formula is C20H25NO3. The number of hydrogen-bond donors (Lipinski definition) is 1. The summed E-state index contributed by atoms with van der Waals surface area (Å²) in [6.07, 6.45) is -0.551. The summed E-state index contributed by atoms with van der Waals surface area (Å²) in [7, 11) is 0. The van der Waals surface area contributed by atoms with E-state index in [2.05, 4.69) is 5.32 Å². The van der Waals surface area contributed by atoms with E-state index >= 15 is 0 Å². The number of hydrogen-bond acceptors (Lipinski definition) is 3. The minimum Gasteiger partial charge on any atom is -0.492 e. The minimum atomic E-state index is -0.551. The standard InChI is InChI=1S/C20H25NO3/c1-14-6-5-7-18(12-14)23-11-10-21-20(22)17(4)24-19-13-15(2)8-9-16(19)3/h5-9,12-13,17H,10-11H2,1-4H3,(H,21,22). The Morgan fingerprint density at radius 1 is 1.08 bits per heavy atom. The van der Waals surface area contributed by atoms with Crippen molar-refractivity contribution < 1.29 is 14.3 Å². The Balaban J connectivity index is 1.76. The SMILES string of the molecule is Cc1cccc(OCCNC(=O)C(C)Oc2cc(C)ccc2C)c1. The van der Waals surface area contributed by atoms with Crippen LogP contribution in [0.25, 0.3) is 0 Å². The molecule has 0 fully saturated rings. The third kappa shape index (κ3) is 5.30. The van der Waals surface area contributed by atoms with Crippen LogP contribution < -0.4 is 14.8 Å². The number of carbonyl (C=O) groups excluding carboxylic acids is 1. The van der Waals surface area contributed by atoms with E-state index in [1.54, 1.807) is 6.92 Å². The summed E-state index contributed by atoms with van der Waals surface area (Å²) < 4.78 is 11.4. The summed E-state index contributed by atoms with van der Waals surface area (Å²) in [6.45, 7) is 8.59. The van der Waals surface area contributed by atoms with Gasteiger partial charge in [-0.15, -0.1) is 0 Å². The Bertz CT molecular complexity index is 697. The lowest BCUT2D eigenvalue weighted by molar-refractivity contribution is -0.127. The maximum absolute atomic E-state index is 12.1. The third-order valence-electron chi connectivity index (χ3n) is 3.68. The molecule has 1 N–H and O–H groups in total. The highest BCUT2D eigenvalue weighted by atomic mass is 16.5. The quantitative estimate of drug-likeness (QED) is 0.791. The van der Waals surface area contributed by atoms with Gasteiger partial charge in [0.1, 0.15) is 18.1 Å². The maximum atomic E-state index is 12.1. The summed E-state index contributed by atoms with van der Waals surface area (Å²) in [6, 6.07) is 13.8. The average molecular weight is 327 g/mol. The largest absolute Gasteiger partial charge is 0.492 e. The van der Waals surface area contributed by atoms with Gasteiger partial charge in [-0.1, -0.05) is 24.3 Å². The van der Waals surface area contributed by atoms with Crippen LogP contribution in [-0.2, 0) is 4.79 Å². The molecule has 0 aliphatic rings. The van der Waals surface area contributed by atoms with Crippen molar-refractivity contribution in [3.05, 3.63) is 59.2 Å². The molecule has 4 heteroatoms. The average Bonchev–Trinajstić information content (AvgIpc) is 2.55. The summed E-state index contributed by atoms with van der Waals surface area (Å²) in [4.78, 5) is 12.1. The lowest BCUT2D eigenvalue weighted by atomic mass is 10.1. The molecule has 1 atom stereocenters. The second-order valence-electron chi connectivity index (χ2n) is 5.99. The van der Waals surface area contributed by atoms with Crippen LogP contribution in [-0.4, -0.2) is 25.2 Å². The molecule has 128 valence electrons. The monoisotopic (exact) mass is 327 g/mol. The van der Waals surface area contributed by atoms with Gasteiger partial charge >= 0.3 is 0 Å². The fraction of sp³-hybridized carbons (Fsp3) is 0.350. The molecular weight excluding hydrogens is 302 g/mol. The number of carbonyl (C=O) groups is 1. The van der Waals surface area contributed by atoms with E-state index in [1.165, 1.54) is 0 Å². The molecule has 2 aromatic carbocycles. The van der Waals surface area contributed by atoms with Gasteiger partial charge in [-0.05, 0) is 62.6 Å². The summed E-state index contributed by atoms with van der Waals surface area (Å²) in [5.41, 5.74) is 3.27. The Hall–Kier alpha value is -2.49. The Morgan fingerprint density at radius 3 is 2.58 bits per heavy atom. The molecule has 0 aromatic heterocycles. The van der Waals surface area contributed by atoms with Crippen LogP contribution >= 0.6 is 0 Å². The van der Waals surface area contributed by atoms with Crippen molar-refractivity contribution in [1.82, 2.24) is 5.32 Å². The summed E-state index contributed by atoms with van der Waals surface area (Å²) >= 11 is 0. The number of rotatable bonds is 7. The molecule has 4 nitrogen and oxygen atoms in total. The first-order chi connectivity index (χ1) is 11.5. The summed E-state index contributed by atoms with van der Waals surface area (Å²) in [5, 5.41) is 2.83. The lowest BCUT2D eigenvalue weighted by Gasteiger charge is -2.17. The fourth-order valence-corrected chi connectivity index (χ4v) is 2.27. The van der Waals surface area contributed by atoms with Crippen molar-refractivity contribution in [1.29, 1.82) is 0 Å². The van der Waals surface area contributed by atoms with Crippen molar-refractivity contribution >= 4 is 5.91 Å². The molecule has 0 bridgehead atoms. The minimum absolute atomic E-state index is 0.149. The highest BCUT2D eigenvalue weighted by Crippen LogP contribution is 2.20. The highest BCUT2D eigenvalue weighted by molar-refractivity contribution is 5.80. The van der Waals surface area contributed by atoms with E-state index in [0.717, 1.165) is 28.2 Å². The van der Waals surface area contributed by atoms with Crippen LogP contribution in [0.4, 0.5) is 0 Å². The molecule has 0 aliphatic carbocycles. The number of aryl methyl sites for hydroxylation is 3. The predicted octanol–water partition coefficient (Wildman–Crippen LogP) is 3.57. The zero-order chi connectivity index (χ0) is 17.5. The van der Waals surface area contributed by atoms with Gasteiger partial charge in [0.05, 0.1) is 6.54 Å². The molecule has 0 aliphatic heterocycles. The van der Waals surface area contributed by atoms with Gasteiger partial charge in [0.2, 0.25) is 0 Å². The van der Waals surface area contributed by atoms with Crippen LogP contribution in [0, 0.1) is 20.8 Å². The van der Waals surface area contributed by atoms with Crippen molar-refractivity contribution in [3.8, 4) is 11.5 Å². The molecule has 1 amide bonds. The van der Waals surface area contributed by atoms with Gasteiger partial charge in [-0.25, -0.2) is 0 Å². The van der Waals surface area contributed by atoms with E-state index in [-0.39, 0.29) is 5.91 Å². The molecule has 2 aromatic rings. The molecule has 0 saturated carbocycles. The lowest BCUT2D eigenvalue weighted by Crippen LogP contribution is -2.38. The normalized spacial score (nSPS) is 11.7. The van der Waals surface area contributed by atoms with E-state index in [4.69, 9.17) is 9.47 Å². The third-order valence-corrected chi connectivity index (χ3v) is 3.68. The first kappa shape index (κ1) is 17.9.